The van der Waals surface area contributed by atoms with Gasteiger partial charge < -0.3 is 19.3 Å². The van der Waals surface area contributed by atoms with Crippen LogP contribution in [-0.2, 0) is 58.7 Å². The lowest BCUT2D eigenvalue weighted by molar-refractivity contribution is -0.388. The number of nitrogens with zero attached hydrogens (tertiary/aromatic N) is 7. The summed E-state index contributed by atoms with van der Waals surface area (Å²) >= 11 is 12.0. The first kappa shape index (κ1) is 74.1. The van der Waals surface area contributed by atoms with Gasteiger partial charge in [-0.1, -0.05) is 154 Å². The molecule has 6 aromatic rings. The molecular formula is C55H50Br3IN10O19S3. The van der Waals surface area contributed by atoms with E-state index in [2.05, 4.69) is 101 Å². The Morgan fingerprint density at radius 2 is 1.07 bits per heavy atom. The summed E-state index contributed by atoms with van der Waals surface area (Å²) < 4.78 is 103. The molecule has 2 aliphatic heterocycles. The number of rotatable bonds is 22. The summed E-state index contributed by atoms with van der Waals surface area (Å²) in [5.74, 6) is -4.54. The van der Waals surface area contributed by atoms with E-state index in [-0.39, 0.29) is 19.8 Å². The Bertz CT molecular complexity index is 4100. The molecule has 0 saturated carbocycles. The number of hydrogen-bond donors (Lipinski definition) is 4. The van der Waals surface area contributed by atoms with Crippen LogP contribution < -0.4 is 14.2 Å². The quantitative estimate of drug-likeness (QED) is 0.00420. The third-order valence-electron chi connectivity index (χ3n) is 12.9. The van der Waals surface area contributed by atoms with E-state index in [1.807, 2.05) is 0 Å². The van der Waals surface area contributed by atoms with E-state index >= 15 is 0 Å². The average Bonchev–Trinajstić information content (AvgIpc) is 1.81. The van der Waals surface area contributed by atoms with Gasteiger partial charge in [0.2, 0.25) is 30.1 Å². The number of cyclic esters (lactones) is 2. The lowest BCUT2D eigenvalue weighted by Gasteiger charge is -2.24. The molecule has 0 amide bonds. The standard InChI is InChI=1S/C19H19BrN2O6S.C17H14BrIN2O6S.C17H14BrN5O6S.C2H3NO/c1-3-15(13-9-11-14(20)12-10-13)18(19(23)28-4-2)21-29(26,27)17-8-6-5-7-16(17)22(24)25;18-11-7-5-10(6-8-11)15-13(9-19)27-17(22)16(15)20-28(25,26)14-4-2-1-3-12(14)21(23)24;18-11-7-5-10(6-8-11)15-13(9-20-22-19)29-17(24)16(15)21-30(27,28)14-4-2-1-3-12(14)23(25)26;3-1-2-4/h3,5-12,15,18,21H,1,4H2,2H3;1-8,13,15-16,20H,9H2;1-8,13,15-16,21H,9H2;4H,2H2/t15-,18-;2*13-,15-,16+;/m011./s1. The fourth-order valence-electron chi connectivity index (χ4n) is 8.98. The summed E-state index contributed by atoms with van der Waals surface area (Å²) in [7, 11) is -13.2. The van der Waals surface area contributed by atoms with Crippen molar-refractivity contribution in [3.63, 3.8) is 0 Å². The molecule has 2 fully saturated rings. The Morgan fingerprint density at radius 3 is 1.42 bits per heavy atom. The molecule has 2 heterocycles. The van der Waals surface area contributed by atoms with Gasteiger partial charge in [0.15, 0.2) is 14.7 Å². The number of azide groups is 1. The van der Waals surface area contributed by atoms with Crippen LogP contribution in [0.1, 0.15) is 41.4 Å². The fourth-order valence-corrected chi connectivity index (χ4v) is 14.6. The number of aliphatic hydroxyl groups excluding tert-OH is 1. The Balaban J connectivity index is 0.000000241. The van der Waals surface area contributed by atoms with Crippen LogP contribution in [0, 0.1) is 41.7 Å². The number of alkyl halides is 1. The topological polar surface area (TPSA) is 440 Å². The van der Waals surface area contributed by atoms with Gasteiger partial charge in [-0.25, -0.2) is 25.3 Å². The van der Waals surface area contributed by atoms with Crippen molar-refractivity contribution in [2.24, 2.45) is 5.11 Å². The van der Waals surface area contributed by atoms with Gasteiger partial charge in [-0.05, 0) is 83.7 Å². The summed E-state index contributed by atoms with van der Waals surface area (Å²) in [4.78, 5) is 69.8. The summed E-state index contributed by atoms with van der Waals surface area (Å²) in [6.45, 7) is 4.76. The predicted molar refractivity (Wildman–Crippen MR) is 344 cm³/mol. The molecule has 0 spiro atoms. The first-order chi connectivity index (χ1) is 43.1. The molecule has 480 valence electrons. The highest BCUT2D eigenvalue weighted by atomic mass is 127. The van der Waals surface area contributed by atoms with Gasteiger partial charge >= 0.3 is 17.9 Å². The van der Waals surface area contributed by atoms with Crippen molar-refractivity contribution in [2.45, 2.75) is 69.7 Å². The molecule has 0 aliphatic carbocycles. The summed E-state index contributed by atoms with van der Waals surface area (Å²) in [6.07, 6.45) is -0.00648. The van der Waals surface area contributed by atoms with Gasteiger partial charge in [0, 0.05) is 58.7 Å². The number of nitrogens with one attached hydrogen (secondary N) is 3. The molecule has 91 heavy (non-hydrogen) atoms. The van der Waals surface area contributed by atoms with Crippen LogP contribution in [0.5, 0.6) is 0 Å². The molecule has 36 heteroatoms. The molecule has 2 saturated heterocycles. The van der Waals surface area contributed by atoms with Crippen LogP contribution in [-0.4, -0.2) is 118 Å². The smallest absolute Gasteiger partial charge is 0.325 e. The Morgan fingerprint density at radius 1 is 0.703 bits per heavy atom. The van der Waals surface area contributed by atoms with Gasteiger partial charge in [-0.2, -0.15) is 19.4 Å². The molecule has 0 aromatic heterocycles. The molecule has 6 aromatic carbocycles. The minimum absolute atomic E-state index is 0.0345. The summed E-state index contributed by atoms with van der Waals surface area (Å²) in [5.41, 5.74) is 8.74. The second-order valence-electron chi connectivity index (χ2n) is 18.5. The molecule has 29 nitrogen and oxygen atoms in total. The molecule has 0 bridgehead atoms. The van der Waals surface area contributed by atoms with Crippen molar-refractivity contribution in [2.75, 3.05) is 24.2 Å². The van der Waals surface area contributed by atoms with Crippen molar-refractivity contribution in [1.29, 1.82) is 5.26 Å². The summed E-state index contributed by atoms with van der Waals surface area (Å²) in [6, 6.07) is 33.0. The summed E-state index contributed by atoms with van der Waals surface area (Å²) in [5, 5.41) is 52.0. The maximum atomic E-state index is 12.9. The molecule has 2 aliphatic rings. The van der Waals surface area contributed by atoms with E-state index in [0.717, 1.165) is 55.4 Å². The van der Waals surface area contributed by atoms with Gasteiger partial charge in [0.05, 0.1) is 34.0 Å². The molecule has 0 unspecified atom stereocenters. The lowest BCUT2D eigenvalue weighted by atomic mass is 9.89. The number of aliphatic hydroxyl groups is 1. The zero-order valence-electron chi connectivity index (χ0n) is 46.8. The number of hydrogen-bond acceptors (Lipinski definition) is 21. The van der Waals surface area contributed by atoms with Crippen LogP contribution in [0.3, 0.4) is 0 Å². The third-order valence-corrected chi connectivity index (χ3v) is 19.8. The number of carbonyl (C=O) groups excluding carboxylic acids is 3. The van der Waals surface area contributed by atoms with Crippen molar-refractivity contribution in [3.05, 3.63) is 229 Å². The maximum absolute atomic E-state index is 12.9. The first-order valence-corrected chi connectivity index (χ1v) is 34.2. The average molecular weight is 1620 g/mol. The van der Waals surface area contributed by atoms with Gasteiger partial charge in [0.1, 0.15) is 36.9 Å². The molecule has 8 atom stereocenters. The van der Waals surface area contributed by atoms with Crippen molar-refractivity contribution in [3.8, 4) is 6.07 Å². The number of nitro groups is 3. The molecule has 4 N–H and O–H groups in total. The van der Waals surface area contributed by atoms with E-state index in [0.29, 0.717) is 15.6 Å². The van der Waals surface area contributed by atoms with E-state index in [1.165, 1.54) is 48.5 Å². The fraction of sp³-hybridized carbons (Fsp3) is 0.236. The van der Waals surface area contributed by atoms with Crippen molar-refractivity contribution < 1.29 is 73.7 Å². The second kappa shape index (κ2) is 34.1. The minimum Gasteiger partial charge on any atom is -0.465 e. The number of carbonyl (C=O) groups is 3. The van der Waals surface area contributed by atoms with E-state index in [9.17, 15) is 70.0 Å². The van der Waals surface area contributed by atoms with E-state index < -0.39 is 143 Å². The van der Waals surface area contributed by atoms with Crippen LogP contribution in [0.15, 0.2) is 191 Å². The van der Waals surface area contributed by atoms with Crippen LogP contribution >= 0.6 is 70.4 Å². The zero-order valence-corrected chi connectivity index (χ0v) is 56.1. The second-order valence-corrected chi connectivity index (χ2v) is 27.2. The van der Waals surface area contributed by atoms with Crippen molar-refractivity contribution >= 4 is 135 Å². The first-order valence-electron chi connectivity index (χ1n) is 25.9. The highest BCUT2D eigenvalue weighted by molar-refractivity contribution is 14.1. The minimum atomic E-state index is -4.45. The Kier molecular flexibility index (Phi) is 27.8. The molecule has 0 radical (unpaired) electrons. The SMILES string of the molecule is C=C[C@@H](c1ccc(Br)cc1)[C@H](NS(=O)(=O)c1ccccc1[N+](=O)[O-])C(=O)OCC.N#CCO.O=C1O[C@H](CI)[C@@H](c2ccc(Br)cc2)[C@@H]1NS(=O)(=O)c1ccccc1[N+](=O)[O-].[N-]=[N+]=NC[C@H]1OC(=O)[C@@H](NS(=O)(=O)c2ccccc2[N+](=O)[O-])[C@@H]1c1ccc(Br)cc1. The lowest BCUT2D eigenvalue weighted by Crippen LogP contribution is -2.45. The van der Waals surface area contributed by atoms with Crippen LogP contribution in [0.2, 0.25) is 0 Å². The molecule has 8 rings (SSSR count). The number of esters is 3. The van der Waals surface area contributed by atoms with E-state index in [1.54, 1.807) is 79.7 Å². The van der Waals surface area contributed by atoms with Gasteiger partial charge in [-0.15, -0.1) is 6.58 Å². The van der Waals surface area contributed by atoms with Crippen LogP contribution in [0.25, 0.3) is 10.4 Å². The largest absolute Gasteiger partial charge is 0.465 e. The Labute approximate surface area is 558 Å². The normalized spacial score (nSPS) is 18.2. The number of sulfonamides is 3. The number of para-hydroxylation sites is 3. The zero-order chi connectivity index (χ0) is 67.4. The number of nitro benzene ring substituents is 3. The van der Waals surface area contributed by atoms with Crippen molar-refractivity contribution in [1.82, 2.24) is 14.2 Å². The highest BCUT2D eigenvalue weighted by Gasteiger charge is 2.49. The third kappa shape index (κ3) is 19.7. The Hall–Kier alpha value is -7.67. The monoisotopic (exact) mass is 1610 g/mol. The molecular weight excluding hydrogens is 1570 g/mol. The van der Waals surface area contributed by atoms with Gasteiger partial charge in [-0.3, -0.25) is 44.7 Å². The predicted octanol–water partition coefficient (Wildman–Crippen LogP) is 9.21. The maximum Gasteiger partial charge on any atom is 0.325 e. The highest BCUT2D eigenvalue weighted by Crippen LogP contribution is 2.38. The number of ether oxygens (including phenoxy) is 3. The number of nitriles is 1. The van der Waals surface area contributed by atoms with Gasteiger partial charge in [0.25, 0.3) is 17.1 Å². The number of benzene rings is 6. The number of halogens is 4. The van der Waals surface area contributed by atoms with E-state index in [4.69, 9.17) is 30.1 Å². The van der Waals surface area contributed by atoms with Crippen LogP contribution in [0.4, 0.5) is 17.1 Å².